The summed E-state index contributed by atoms with van der Waals surface area (Å²) in [5.41, 5.74) is 0.947. The van der Waals surface area contributed by atoms with Crippen molar-refractivity contribution in [1.29, 1.82) is 0 Å². The van der Waals surface area contributed by atoms with Crippen LogP contribution < -0.4 is 14.6 Å². The lowest BCUT2D eigenvalue weighted by Crippen LogP contribution is -2.35. The van der Waals surface area contributed by atoms with E-state index in [-0.39, 0.29) is 36.2 Å². The molecule has 0 saturated carbocycles. The molecule has 1 aromatic heterocycles. The van der Waals surface area contributed by atoms with E-state index < -0.39 is 15.1 Å². The molecule has 0 bridgehead atoms. The Bertz CT molecular complexity index is 1260. The van der Waals surface area contributed by atoms with Crippen LogP contribution in [0.3, 0.4) is 0 Å². The molecule has 1 N–H and O–H groups in total. The summed E-state index contributed by atoms with van der Waals surface area (Å²) in [5, 5.41) is 3.24. The van der Waals surface area contributed by atoms with Crippen LogP contribution in [0.5, 0.6) is 5.75 Å². The monoisotopic (exact) mass is 517 g/mol. The van der Waals surface area contributed by atoms with Gasteiger partial charge in [0.05, 0.1) is 15.1 Å². The van der Waals surface area contributed by atoms with Gasteiger partial charge in [-0.3, -0.25) is 4.79 Å². The van der Waals surface area contributed by atoms with Crippen molar-refractivity contribution in [3.05, 3.63) is 87.1 Å². The number of hydrogen-bond donors (Lipinski definition) is 1. The van der Waals surface area contributed by atoms with Crippen molar-refractivity contribution in [1.82, 2.24) is 5.32 Å². The maximum absolute atomic E-state index is 13.7. The predicted octanol–water partition coefficient (Wildman–Crippen LogP) is 4.34. The predicted molar refractivity (Wildman–Crippen MR) is 119 cm³/mol. The van der Waals surface area contributed by atoms with Gasteiger partial charge in [-0.05, 0) is 24.3 Å². The summed E-state index contributed by atoms with van der Waals surface area (Å²) in [6.07, 6.45) is 3.39. The highest BCUT2D eigenvalue weighted by molar-refractivity contribution is 7.86. The van der Waals surface area contributed by atoms with E-state index in [9.17, 15) is 17.1 Å². The van der Waals surface area contributed by atoms with Gasteiger partial charge in [0.1, 0.15) is 10.6 Å². The van der Waals surface area contributed by atoms with E-state index >= 15 is 0 Å². The fourth-order valence-corrected chi connectivity index (χ4v) is 4.40. The third-order valence-electron chi connectivity index (χ3n) is 4.32. The molecule has 3 rings (SSSR count). The summed E-state index contributed by atoms with van der Waals surface area (Å²) in [5.74, 6) is 0.0550. The number of rotatable bonds is 8. The molecule has 2 aromatic carbocycles. The van der Waals surface area contributed by atoms with Gasteiger partial charge in [-0.2, -0.15) is 8.42 Å². The van der Waals surface area contributed by atoms with E-state index in [1.807, 2.05) is 0 Å². The minimum atomic E-state index is -4.98. The van der Waals surface area contributed by atoms with Crippen LogP contribution in [0.1, 0.15) is 11.1 Å². The van der Waals surface area contributed by atoms with Crippen LogP contribution >= 0.6 is 34.8 Å². The number of ether oxygens (including phenoxy) is 1. The molecule has 0 unspecified atom stereocenters. The normalized spacial score (nSPS) is 11.2. The van der Waals surface area contributed by atoms with Gasteiger partial charge >= 0.3 is 10.2 Å². The van der Waals surface area contributed by atoms with Crippen molar-refractivity contribution < 1.29 is 26.4 Å². The minimum Gasteiger partial charge on any atom is -0.484 e. The van der Waals surface area contributed by atoms with Gasteiger partial charge in [-0.1, -0.05) is 46.9 Å². The van der Waals surface area contributed by atoms with Gasteiger partial charge < -0.3 is 10.1 Å². The Morgan fingerprint density at radius 3 is 2.53 bits per heavy atom. The molecule has 0 radical (unpaired) electrons. The second-order valence-corrected chi connectivity index (χ2v) is 9.20. The van der Waals surface area contributed by atoms with Crippen LogP contribution in [-0.2, 0) is 28.1 Å². The van der Waals surface area contributed by atoms with Crippen molar-refractivity contribution >= 4 is 50.9 Å². The van der Waals surface area contributed by atoms with Gasteiger partial charge in [0, 0.05) is 29.8 Å². The zero-order valence-corrected chi connectivity index (χ0v) is 19.5. The highest BCUT2D eigenvalue weighted by Crippen LogP contribution is 2.27. The number of halogens is 4. The summed E-state index contributed by atoms with van der Waals surface area (Å²) >= 11 is 17.6. The molecule has 11 heteroatoms. The summed E-state index contributed by atoms with van der Waals surface area (Å²) < 4.78 is 43.7. The number of pyridine rings is 1. The number of hydrogen-bond acceptors (Lipinski definition) is 4. The van der Waals surface area contributed by atoms with E-state index in [1.54, 1.807) is 47.3 Å². The molecule has 0 atom stereocenters. The zero-order chi connectivity index (χ0) is 23.3. The lowest BCUT2D eigenvalue weighted by Gasteiger charge is -2.08. The average molecular weight is 519 g/mol. The smallest absolute Gasteiger partial charge is 0.334 e. The van der Waals surface area contributed by atoms with Crippen LogP contribution in [0.15, 0.2) is 65.8 Å². The average Bonchev–Trinajstić information content (AvgIpc) is 2.72. The van der Waals surface area contributed by atoms with E-state index in [0.29, 0.717) is 15.8 Å². The topological polar surface area (TPSA) is 76.3 Å². The molecule has 0 aliphatic heterocycles. The molecule has 1 heterocycles. The highest BCUT2D eigenvalue weighted by Gasteiger charge is 2.23. The Morgan fingerprint density at radius 2 is 1.81 bits per heavy atom. The lowest BCUT2D eigenvalue weighted by molar-refractivity contribution is -0.689. The van der Waals surface area contributed by atoms with E-state index in [0.717, 1.165) is 5.56 Å². The van der Waals surface area contributed by atoms with Gasteiger partial charge in [0.2, 0.25) is 0 Å². The van der Waals surface area contributed by atoms with Gasteiger partial charge in [0.15, 0.2) is 25.5 Å². The Kier molecular flexibility index (Phi) is 7.95. The Balaban J connectivity index is 1.61. The van der Waals surface area contributed by atoms with Crippen LogP contribution in [0.2, 0.25) is 15.1 Å². The molecule has 6 nitrogen and oxygen atoms in total. The SMILES string of the molecule is O=C(COc1ccc(Cl)c(Cl)c1)NCc1ccc[n+](Cc2cccc(Cl)c2S(=O)(=O)F)c1. The maximum atomic E-state index is 13.7. The minimum absolute atomic E-state index is 0.0707. The van der Waals surface area contributed by atoms with Gasteiger partial charge in [0.25, 0.3) is 5.91 Å². The summed E-state index contributed by atoms with van der Waals surface area (Å²) in [7, 11) is -4.98. The molecule has 32 heavy (non-hydrogen) atoms. The van der Waals surface area contributed by atoms with Crippen LogP contribution in [0.25, 0.3) is 0 Å². The van der Waals surface area contributed by atoms with Gasteiger partial charge in [-0.15, -0.1) is 3.89 Å². The second kappa shape index (κ2) is 10.5. The Hall–Kier alpha value is -2.39. The molecule has 3 aromatic rings. The molecule has 0 aliphatic carbocycles. The molecular weight excluding hydrogens is 502 g/mol. The first-order valence-corrected chi connectivity index (χ1v) is 11.7. The molecule has 0 aliphatic rings. The van der Waals surface area contributed by atoms with E-state index in [2.05, 4.69) is 5.32 Å². The number of benzene rings is 2. The van der Waals surface area contributed by atoms with Crippen LogP contribution in [-0.4, -0.2) is 20.9 Å². The summed E-state index contributed by atoms with van der Waals surface area (Å²) in [6.45, 7) is 0.0561. The Morgan fingerprint density at radius 1 is 1.03 bits per heavy atom. The molecule has 0 fully saturated rings. The number of nitrogens with one attached hydrogen (secondary N) is 1. The third kappa shape index (κ3) is 6.56. The van der Waals surface area contributed by atoms with Crippen LogP contribution in [0.4, 0.5) is 3.89 Å². The number of carbonyl (C=O) groups excluding carboxylic acids is 1. The fourth-order valence-electron chi connectivity index (χ4n) is 2.89. The zero-order valence-electron chi connectivity index (χ0n) is 16.4. The van der Waals surface area contributed by atoms with Crippen molar-refractivity contribution in [2.24, 2.45) is 0 Å². The maximum Gasteiger partial charge on any atom is 0.334 e. The standard InChI is InChI=1S/C21H16Cl3FN2O4S/c22-17-7-6-16(9-19(17)24)31-13-20(28)26-10-14-3-2-8-27(11-14)12-15-4-1-5-18(23)21(15)32(25,29)30/h1-9,11H,10,12-13H2/p+1. The first-order valence-electron chi connectivity index (χ1n) is 9.18. The second-order valence-electron chi connectivity index (χ2n) is 6.69. The Labute approximate surface area is 199 Å². The first-order chi connectivity index (χ1) is 15.1. The van der Waals surface area contributed by atoms with Crippen LogP contribution in [0, 0.1) is 0 Å². The number of carbonyl (C=O) groups is 1. The summed E-state index contributed by atoms with van der Waals surface area (Å²) in [4.78, 5) is 11.5. The fraction of sp³-hybridized carbons (Fsp3) is 0.143. The molecule has 0 spiro atoms. The number of aromatic nitrogens is 1. The molecule has 168 valence electrons. The third-order valence-corrected chi connectivity index (χ3v) is 6.45. The van der Waals surface area contributed by atoms with Gasteiger partial charge in [-0.25, -0.2) is 4.57 Å². The molecular formula is C21H17Cl3FN2O4S+. The lowest BCUT2D eigenvalue weighted by atomic mass is 10.2. The number of nitrogens with zero attached hydrogens (tertiary/aromatic N) is 1. The summed E-state index contributed by atoms with van der Waals surface area (Å²) in [6, 6.07) is 12.5. The van der Waals surface area contributed by atoms with Crippen molar-refractivity contribution in [3.8, 4) is 5.75 Å². The van der Waals surface area contributed by atoms with E-state index in [1.165, 1.54) is 18.2 Å². The molecule has 1 amide bonds. The van der Waals surface area contributed by atoms with Crippen molar-refractivity contribution in [3.63, 3.8) is 0 Å². The quantitative estimate of drug-likeness (QED) is 0.356. The molecule has 0 saturated heterocycles. The van der Waals surface area contributed by atoms with Crippen molar-refractivity contribution in [2.45, 2.75) is 18.0 Å². The highest BCUT2D eigenvalue weighted by atomic mass is 35.5. The number of amides is 1. The largest absolute Gasteiger partial charge is 0.484 e. The first kappa shape index (κ1) is 24.3. The van der Waals surface area contributed by atoms with E-state index in [4.69, 9.17) is 39.5 Å². The van der Waals surface area contributed by atoms with Crippen molar-refractivity contribution in [2.75, 3.05) is 6.61 Å².